The van der Waals surface area contributed by atoms with Gasteiger partial charge in [-0.3, -0.25) is 4.79 Å². The van der Waals surface area contributed by atoms with E-state index in [0.29, 0.717) is 12.8 Å². The van der Waals surface area contributed by atoms with Crippen LogP contribution in [0.4, 0.5) is 0 Å². The van der Waals surface area contributed by atoms with Gasteiger partial charge >= 0.3 is 5.97 Å². The van der Waals surface area contributed by atoms with Gasteiger partial charge in [-0.05, 0) is 77.5 Å². The first kappa shape index (κ1) is 28.0. The zero-order valence-electron chi connectivity index (χ0n) is 20.0. The summed E-state index contributed by atoms with van der Waals surface area (Å²) in [4.78, 5) is 24.7. The van der Waals surface area contributed by atoms with E-state index in [2.05, 4.69) is 0 Å². The zero-order chi connectivity index (χ0) is 24.7. The van der Waals surface area contributed by atoms with Crippen LogP contribution in [0.15, 0.2) is 47.6 Å². The number of carbonyl (C=O) groups is 2. The highest BCUT2D eigenvalue weighted by molar-refractivity contribution is 6.04. The van der Waals surface area contributed by atoms with Crippen LogP contribution in [0.3, 0.4) is 0 Å². The average Bonchev–Trinajstić information content (AvgIpc) is 2.67. The molecule has 7 heteroatoms. The van der Waals surface area contributed by atoms with Crippen LogP contribution in [-0.2, 0) is 14.3 Å². The standard InChI is InChI=1S/C25H38O7/c1-17(2)15-22(29)32-21-10-13-24(5,12-9-20(28)23(3,4)30)11-7-18(16-26)19(27)8-14-25(21,6)31/h7-8,10,13-15,20-21,26,28,30-31H,9,11-12,16H2,1-6H3/b13-10-,14-8-,18-7-/t20-,21-,24-,25-/m1/s1. The Bertz CT molecular complexity index is 792. The molecule has 0 aliphatic heterocycles. The summed E-state index contributed by atoms with van der Waals surface area (Å²) in [5, 5.41) is 40.9. The molecule has 0 spiro atoms. The SMILES string of the molecule is CC(C)=CC(=O)O[C@@H]1/C=C\[C@@](C)(CC[C@@H](O)C(C)(C)O)C/C=C(/CO)C(=O)/C=C\[C@@]1(C)O. The maximum absolute atomic E-state index is 12.5. The first-order valence-electron chi connectivity index (χ1n) is 10.8. The molecule has 0 saturated heterocycles. The van der Waals surface area contributed by atoms with Gasteiger partial charge in [0.2, 0.25) is 0 Å². The maximum Gasteiger partial charge on any atom is 0.331 e. The molecule has 0 aromatic rings. The smallest absolute Gasteiger partial charge is 0.331 e. The summed E-state index contributed by atoms with van der Waals surface area (Å²) in [6.07, 6.45) is 7.75. The molecule has 0 fully saturated rings. The van der Waals surface area contributed by atoms with Gasteiger partial charge in [0, 0.05) is 11.6 Å². The number of aliphatic hydroxyl groups is 4. The largest absolute Gasteiger partial charge is 0.452 e. The van der Waals surface area contributed by atoms with Gasteiger partial charge in [-0.25, -0.2) is 4.79 Å². The molecule has 1 aliphatic carbocycles. The quantitative estimate of drug-likeness (QED) is 0.267. The third-order valence-corrected chi connectivity index (χ3v) is 5.58. The fourth-order valence-corrected chi connectivity index (χ4v) is 3.19. The first-order chi connectivity index (χ1) is 14.6. The van der Waals surface area contributed by atoms with Crippen molar-refractivity contribution in [2.45, 2.75) is 84.2 Å². The lowest BCUT2D eigenvalue weighted by Gasteiger charge is -2.32. The highest BCUT2D eigenvalue weighted by Gasteiger charge is 2.34. The molecule has 4 N–H and O–H groups in total. The number of rotatable bonds is 7. The maximum atomic E-state index is 12.5. The van der Waals surface area contributed by atoms with Crippen LogP contribution in [0, 0.1) is 5.41 Å². The van der Waals surface area contributed by atoms with E-state index >= 15 is 0 Å². The van der Waals surface area contributed by atoms with Crippen molar-refractivity contribution in [1.82, 2.24) is 0 Å². The van der Waals surface area contributed by atoms with Crippen LogP contribution in [0.25, 0.3) is 0 Å². The van der Waals surface area contributed by atoms with Gasteiger partial charge in [0.15, 0.2) is 11.9 Å². The Kier molecular flexibility index (Phi) is 9.78. The lowest BCUT2D eigenvalue weighted by molar-refractivity contribution is -0.148. The number of allylic oxidation sites excluding steroid dienone is 4. The Labute approximate surface area is 190 Å². The molecule has 0 aromatic carbocycles. The van der Waals surface area contributed by atoms with Gasteiger partial charge in [-0.15, -0.1) is 0 Å². The molecule has 0 aromatic heterocycles. The highest BCUT2D eigenvalue weighted by atomic mass is 16.6. The number of ketones is 1. The van der Waals surface area contributed by atoms with Gasteiger partial charge in [0.25, 0.3) is 0 Å². The zero-order valence-corrected chi connectivity index (χ0v) is 20.0. The minimum atomic E-state index is -1.68. The number of aliphatic hydroxyl groups excluding tert-OH is 2. The molecule has 0 bridgehead atoms. The lowest BCUT2D eigenvalue weighted by atomic mass is 9.78. The van der Waals surface area contributed by atoms with Crippen LogP contribution in [0.1, 0.15) is 60.8 Å². The van der Waals surface area contributed by atoms with Crippen molar-refractivity contribution in [1.29, 1.82) is 0 Å². The molecule has 0 saturated carbocycles. The molecule has 0 unspecified atom stereocenters. The van der Waals surface area contributed by atoms with Gasteiger partial charge in [0.05, 0.1) is 18.3 Å². The van der Waals surface area contributed by atoms with Crippen LogP contribution >= 0.6 is 0 Å². The van der Waals surface area contributed by atoms with Crippen molar-refractivity contribution in [3.63, 3.8) is 0 Å². The van der Waals surface area contributed by atoms with Crippen LogP contribution < -0.4 is 0 Å². The van der Waals surface area contributed by atoms with E-state index in [1.807, 2.05) is 6.92 Å². The number of carbonyl (C=O) groups excluding carboxylic acids is 2. The fraction of sp³-hybridized carbons (Fsp3) is 0.600. The second-order valence-corrected chi connectivity index (χ2v) is 9.82. The summed E-state index contributed by atoms with van der Waals surface area (Å²) in [5.74, 6) is -1.08. The minimum absolute atomic E-state index is 0.180. The molecule has 32 heavy (non-hydrogen) atoms. The normalized spacial score (nSPS) is 31.5. The van der Waals surface area contributed by atoms with E-state index < -0.39 is 47.2 Å². The molecule has 0 amide bonds. The van der Waals surface area contributed by atoms with E-state index in [4.69, 9.17) is 4.74 Å². The second-order valence-electron chi connectivity index (χ2n) is 9.82. The fourth-order valence-electron chi connectivity index (χ4n) is 3.19. The van der Waals surface area contributed by atoms with E-state index in [0.717, 1.165) is 5.57 Å². The molecule has 0 heterocycles. The Morgan fingerprint density at radius 1 is 1.31 bits per heavy atom. The van der Waals surface area contributed by atoms with Gasteiger partial charge in [-0.2, -0.15) is 0 Å². The molecule has 0 radical (unpaired) electrons. The van der Waals surface area contributed by atoms with Crippen molar-refractivity contribution in [3.8, 4) is 0 Å². The Balaban J connectivity index is 3.38. The van der Waals surface area contributed by atoms with Crippen LogP contribution in [0.2, 0.25) is 0 Å². The minimum Gasteiger partial charge on any atom is -0.452 e. The predicted molar refractivity (Wildman–Crippen MR) is 123 cm³/mol. The van der Waals surface area contributed by atoms with Crippen molar-refractivity contribution < 1.29 is 34.8 Å². The molecular formula is C25H38O7. The van der Waals surface area contributed by atoms with Gasteiger partial charge in [0.1, 0.15) is 5.60 Å². The summed E-state index contributed by atoms with van der Waals surface area (Å²) < 4.78 is 5.48. The van der Waals surface area contributed by atoms with Crippen LogP contribution in [0.5, 0.6) is 0 Å². The van der Waals surface area contributed by atoms with Crippen molar-refractivity contribution in [2.24, 2.45) is 5.41 Å². The molecule has 1 aliphatic rings. The summed E-state index contributed by atoms with van der Waals surface area (Å²) in [5.41, 5.74) is -2.65. The van der Waals surface area contributed by atoms with Crippen molar-refractivity contribution >= 4 is 11.8 Å². The number of esters is 1. The lowest BCUT2D eigenvalue weighted by Crippen LogP contribution is -2.40. The number of hydrogen-bond donors (Lipinski definition) is 4. The second kappa shape index (κ2) is 11.2. The van der Waals surface area contributed by atoms with Gasteiger partial charge in [-0.1, -0.05) is 24.6 Å². The van der Waals surface area contributed by atoms with E-state index in [-0.39, 0.29) is 12.0 Å². The van der Waals surface area contributed by atoms with Crippen molar-refractivity contribution in [3.05, 3.63) is 47.6 Å². The Morgan fingerprint density at radius 3 is 2.47 bits per heavy atom. The number of hydrogen-bond acceptors (Lipinski definition) is 7. The number of ether oxygens (including phenoxy) is 1. The molecule has 7 nitrogen and oxygen atoms in total. The molecule has 1 rings (SSSR count). The summed E-state index contributed by atoms with van der Waals surface area (Å²) in [7, 11) is 0. The highest BCUT2D eigenvalue weighted by Crippen LogP contribution is 2.34. The van der Waals surface area contributed by atoms with E-state index in [9.17, 15) is 30.0 Å². The predicted octanol–water partition coefficient (Wildman–Crippen LogP) is 2.54. The summed E-state index contributed by atoms with van der Waals surface area (Å²) in [6, 6.07) is 0. The topological polar surface area (TPSA) is 124 Å². The third-order valence-electron chi connectivity index (χ3n) is 5.58. The molecule has 180 valence electrons. The molecule has 4 atom stereocenters. The van der Waals surface area contributed by atoms with Crippen LogP contribution in [-0.4, -0.2) is 62.2 Å². The summed E-state index contributed by atoms with van der Waals surface area (Å²) in [6.45, 7) is 9.41. The molecular weight excluding hydrogens is 412 g/mol. The van der Waals surface area contributed by atoms with E-state index in [1.165, 1.54) is 39.0 Å². The average molecular weight is 451 g/mol. The Hall–Kier alpha value is -2.06. The first-order valence-corrected chi connectivity index (χ1v) is 10.8. The summed E-state index contributed by atoms with van der Waals surface area (Å²) >= 11 is 0. The van der Waals surface area contributed by atoms with Gasteiger partial charge < -0.3 is 25.2 Å². The Morgan fingerprint density at radius 2 is 1.94 bits per heavy atom. The van der Waals surface area contributed by atoms with Crippen molar-refractivity contribution in [2.75, 3.05) is 6.61 Å². The third kappa shape index (κ3) is 8.82. The monoisotopic (exact) mass is 450 g/mol. The van der Waals surface area contributed by atoms with E-state index in [1.54, 1.807) is 32.1 Å².